The van der Waals surface area contributed by atoms with Crippen LogP contribution in [0.4, 0.5) is 0 Å². The molecule has 1 aliphatic rings. The van der Waals surface area contributed by atoms with Crippen molar-refractivity contribution in [2.45, 2.75) is 64.3 Å². The molecule has 0 radical (unpaired) electrons. The van der Waals surface area contributed by atoms with Gasteiger partial charge < -0.3 is 9.16 Å². The van der Waals surface area contributed by atoms with Gasteiger partial charge in [0.2, 0.25) is 0 Å². The Labute approximate surface area is 188 Å². The van der Waals surface area contributed by atoms with E-state index in [1.54, 1.807) is 0 Å². The first kappa shape index (κ1) is 22.0. The van der Waals surface area contributed by atoms with E-state index in [0.29, 0.717) is 0 Å². The van der Waals surface area contributed by atoms with E-state index in [2.05, 4.69) is 112 Å². The van der Waals surface area contributed by atoms with E-state index in [1.165, 1.54) is 15.6 Å². The highest BCUT2D eigenvalue weighted by Crippen LogP contribution is 2.45. The van der Waals surface area contributed by atoms with E-state index in [4.69, 9.17) is 9.16 Å². The molecule has 0 spiro atoms. The normalized spacial score (nSPS) is 21.6. The molecule has 0 aliphatic carbocycles. The Bertz CT molecular complexity index is 848. The van der Waals surface area contributed by atoms with Gasteiger partial charge in [-0.2, -0.15) is 0 Å². The summed E-state index contributed by atoms with van der Waals surface area (Å²) in [5, 5.41) is 3.85. The van der Waals surface area contributed by atoms with Gasteiger partial charge in [-0.3, -0.25) is 0 Å². The molecule has 1 aliphatic heterocycles. The lowest BCUT2D eigenvalue weighted by Crippen LogP contribution is -2.71. The van der Waals surface area contributed by atoms with Crippen LogP contribution in [0.3, 0.4) is 0 Å². The Morgan fingerprint density at radius 3 is 1.61 bits per heavy atom. The van der Waals surface area contributed by atoms with Crippen molar-refractivity contribution >= 4 is 23.9 Å². The Morgan fingerprint density at radius 1 is 0.806 bits per heavy atom. The number of hydrogen-bond donors (Lipinski definition) is 0. The second kappa shape index (κ2) is 9.52. The molecule has 3 atom stereocenters. The predicted octanol–water partition coefficient (Wildman–Crippen LogP) is 4.80. The van der Waals surface area contributed by atoms with Crippen LogP contribution in [0, 0.1) is 0 Å². The first-order chi connectivity index (χ1) is 15.1. The average molecular weight is 431 g/mol. The van der Waals surface area contributed by atoms with E-state index < -0.39 is 8.32 Å². The van der Waals surface area contributed by atoms with Crippen molar-refractivity contribution in [2.75, 3.05) is 0 Å². The Kier molecular flexibility index (Phi) is 6.76. The van der Waals surface area contributed by atoms with Crippen LogP contribution in [-0.2, 0) is 9.16 Å². The van der Waals surface area contributed by atoms with Crippen molar-refractivity contribution in [1.82, 2.24) is 0 Å². The van der Waals surface area contributed by atoms with Crippen molar-refractivity contribution in [3.8, 4) is 0 Å². The first-order valence-corrected chi connectivity index (χ1v) is 13.6. The van der Waals surface area contributed by atoms with Crippen LogP contribution in [-0.4, -0.2) is 26.1 Å². The largest absolute Gasteiger partial charge is 0.398 e. The molecule has 0 amide bonds. The summed E-state index contributed by atoms with van der Waals surface area (Å²) in [6, 6.07) is 32.6. The summed E-state index contributed by atoms with van der Waals surface area (Å²) >= 11 is 0. The third-order valence-electron chi connectivity index (χ3n) is 6.67. The highest BCUT2D eigenvalue weighted by atomic mass is 28.4. The Morgan fingerprint density at radius 2 is 1.26 bits per heavy atom. The highest BCUT2D eigenvalue weighted by molar-refractivity contribution is 7.07. The summed E-state index contributed by atoms with van der Waals surface area (Å²) in [4.78, 5) is 0. The molecule has 1 saturated heterocycles. The van der Waals surface area contributed by atoms with Crippen molar-refractivity contribution < 1.29 is 9.16 Å². The van der Waals surface area contributed by atoms with Crippen LogP contribution in [0.1, 0.15) is 46.5 Å². The second-order valence-corrected chi connectivity index (χ2v) is 12.1. The Balaban J connectivity index is 1.89. The van der Waals surface area contributed by atoms with E-state index >= 15 is 0 Å². The average Bonchev–Trinajstić information content (AvgIpc) is 3.52. The van der Waals surface area contributed by atoms with E-state index in [9.17, 15) is 0 Å². The minimum Gasteiger partial charge on any atom is -0.398 e. The predicted molar refractivity (Wildman–Crippen MR) is 132 cm³/mol. The quantitative estimate of drug-likeness (QED) is 0.262. The summed E-state index contributed by atoms with van der Waals surface area (Å²) in [5.74, 6) is 0. The van der Waals surface area contributed by atoms with Gasteiger partial charge in [-0.05, 0) is 35.3 Å². The van der Waals surface area contributed by atoms with Crippen LogP contribution in [0.2, 0.25) is 0 Å². The SMILES string of the molecule is CCCC[C@@H](O[Si](c1ccccc1)(c1ccccc1)c1ccccc1)[C@]1(C)O[C@H]1CC. The minimum atomic E-state index is -2.73. The molecule has 0 aromatic heterocycles. The molecule has 0 bridgehead atoms. The summed E-state index contributed by atoms with van der Waals surface area (Å²) < 4.78 is 13.7. The maximum Gasteiger partial charge on any atom is 0.288 e. The van der Waals surface area contributed by atoms with Gasteiger partial charge in [0, 0.05) is 0 Å². The zero-order valence-electron chi connectivity index (χ0n) is 19.0. The third-order valence-corrected chi connectivity index (χ3v) is 10.7. The van der Waals surface area contributed by atoms with Gasteiger partial charge in [-0.15, -0.1) is 0 Å². The fourth-order valence-electron chi connectivity index (χ4n) is 4.83. The smallest absolute Gasteiger partial charge is 0.288 e. The van der Waals surface area contributed by atoms with Gasteiger partial charge >= 0.3 is 0 Å². The maximum absolute atomic E-state index is 7.47. The Hall–Kier alpha value is -2.20. The summed E-state index contributed by atoms with van der Waals surface area (Å²) in [6.07, 6.45) is 4.68. The maximum atomic E-state index is 7.47. The fourth-order valence-corrected chi connectivity index (χ4v) is 9.00. The van der Waals surface area contributed by atoms with Gasteiger partial charge in [-0.1, -0.05) is 118 Å². The molecule has 162 valence electrons. The molecule has 2 nitrogen and oxygen atoms in total. The van der Waals surface area contributed by atoms with Crippen LogP contribution in [0.5, 0.6) is 0 Å². The topological polar surface area (TPSA) is 21.8 Å². The van der Waals surface area contributed by atoms with Gasteiger partial charge in [0.05, 0.1) is 12.2 Å². The summed E-state index contributed by atoms with van der Waals surface area (Å²) in [5.41, 5.74) is -0.208. The molecule has 3 heteroatoms. The highest BCUT2D eigenvalue weighted by Gasteiger charge is 2.59. The lowest BCUT2D eigenvalue weighted by molar-refractivity contribution is 0.0958. The number of rotatable bonds is 10. The van der Waals surface area contributed by atoms with Crippen LogP contribution >= 0.6 is 0 Å². The molecular formula is C28H34O2Si. The number of hydrogen-bond acceptors (Lipinski definition) is 2. The van der Waals surface area contributed by atoms with Gasteiger partial charge in [0.1, 0.15) is 5.60 Å². The van der Waals surface area contributed by atoms with Crippen molar-refractivity contribution in [3.05, 3.63) is 91.0 Å². The second-order valence-electron chi connectivity index (χ2n) is 8.73. The van der Waals surface area contributed by atoms with Crippen LogP contribution < -0.4 is 15.6 Å². The fraction of sp³-hybridized carbons (Fsp3) is 0.357. The molecule has 0 N–H and O–H groups in total. The van der Waals surface area contributed by atoms with Crippen molar-refractivity contribution in [2.24, 2.45) is 0 Å². The molecule has 4 rings (SSSR count). The first-order valence-electron chi connectivity index (χ1n) is 11.7. The molecular weight excluding hydrogens is 396 g/mol. The molecule has 3 aromatic carbocycles. The lowest BCUT2D eigenvalue weighted by Gasteiger charge is -2.38. The standard InChI is InChI=1S/C28H34O2Si/c1-4-6-22-27(28(3)26(5-2)29-28)30-31(23-16-10-7-11-17-23,24-18-12-8-13-19-24)25-20-14-9-15-21-25/h7-21,26-27H,4-6,22H2,1-3H3/t26-,27+,28+/m0/s1. The zero-order valence-corrected chi connectivity index (χ0v) is 20.0. The van der Waals surface area contributed by atoms with Gasteiger partial charge in [0.15, 0.2) is 0 Å². The van der Waals surface area contributed by atoms with E-state index in [1.807, 2.05) is 0 Å². The number of unbranched alkanes of at least 4 members (excludes halogenated alkanes) is 1. The molecule has 31 heavy (non-hydrogen) atoms. The monoisotopic (exact) mass is 430 g/mol. The summed E-state index contributed by atoms with van der Waals surface area (Å²) in [6.45, 7) is 6.71. The number of benzene rings is 3. The van der Waals surface area contributed by atoms with E-state index in [-0.39, 0.29) is 17.8 Å². The summed E-state index contributed by atoms with van der Waals surface area (Å²) in [7, 11) is -2.73. The van der Waals surface area contributed by atoms with Gasteiger partial charge in [0.25, 0.3) is 8.32 Å². The third kappa shape index (κ3) is 4.27. The molecule has 3 aromatic rings. The molecule has 0 saturated carbocycles. The minimum absolute atomic E-state index is 0.0599. The zero-order chi connectivity index (χ0) is 21.7. The van der Waals surface area contributed by atoms with Gasteiger partial charge in [-0.25, -0.2) is 0 Å². The molecule has 1 fully saturated rings. The van der Waals surface area contributed by atoms with E-state index in [0.717, 1.165) is 25.7 Å². The molecule has 0 unspecified atom stereocenters. The number of epoxide rings is 1. The number of ether oxygens (including phenoxy) is 1. The van der Waals surface area contributed by atoms with Crippen molar-refractivity contribution in [3.63, 3.8) is 0 Å². The lowest BCUT2D eigenvalue weighted by atomic mass is 9.95. The van der Waals surface area contributed by atoms with Crippen LogP contribution in [0.25, 0.3) is 0 Å². The van der Waals surface area contributed by atoms with Crippen molar-refractivity contribution in [1.29, 1.82) is 0 Å². The molecule has 1 heterocycles. The van der Waals surface area contributed by atoms with Crippen LogP contribution in [0.15, 0.2) is 91.0 Å².